The van der Waals surface area contributed by atoms with E-state index >= 15 is 0 Å². The first-order valence-corrected chi connectivity index (χ1v) is 10.8. The number of esters is 2. The Labute approximate surface area is 212 Å². The molecule has 0 amide bonds. The van der Waals surface area contributed by atoms with Crippen molar-refractivity contribution < 1.29 is 37.3 Å². The smallest absolute Gasteiger partial charge is 0.338 e. The zero-order chi connectivity index (χ0) is 26.8. The fourth-order valence-corrected chi connectivity index (χ4v) is 2.97. The van der Waals surface area contributed by atoms with Crippen LogP contribution in [0.2, 0.25) is 0 Å². The Kier molecular flexibility index (Phi) is 9.10. The quantitative estimate of drug-likeness (QED) is 0.171. The fourth-order valence-electron chi connectivity index (χ4n) is 2.97. The molecular formula is C29H22F2O6. The molecule has 0 spiro atoms. The lowest BCUT2D eigenvalue weighted by atomic mass is 9.98. The largest absolute Gasteiger partial charge is 0.462 e. The molecule has 0 aliphatic carbocycles. The summed E-state index contributed by atoms with van der Waals surface area (Å²) in [5.74, 6) is -2.40. The van der Waals surface area contributed by atoms with E-state index in [4.69, 9.17) is 14.2 Å². The second-order valence-corrected chi connectivity index (χ2v) is 7.44. The monoisotopic (exact) mass is 504 g/mol. The first kappa shape index (κ1) is 26.6. The van der Waals surface area contributed by atoms with E-state index < -0.39 is 23.6 Å². The van der Waals surface area contributed by atoms with E-state index in [1.54, 1.807) is 48.5 Å². The number of benzene rings is 3. The Morgan fingerprint density at radius 1 is 0.703 bits per heavy atom. The van der Waals surface area contributed by atoms with Crippen LogP contribution in [-0.4, -0.2) is 11.9 Å². The number of carbonyl (C=O) groups is 2. The molecule has 3 aromatic carbocycles. The van der Waals surface area contributed by atoms with Gasteiger partial charge in [-0.05, 0) is 42.3 Å². The van der Waals surface area contributed by atoms with Gasteiger partial charge in [0.1, 0.15) is 36.5 Å². The highest BCUT2D eigenvalue weighted by molar-refractivity contribution is 5.87. The van der Waals surface area contributed by atoms with E-state index in [1.165, 1.54) is 25.3 Å². The third-order valence-electron chi connectivity index (χ3n) is 4.81. The summed E-state index contributed by atoms with van der Waals surface area (Å²) in [5.41, 5.74) is 1.30. The van der Waals surface area contributed by atoms with Crippen LogP contribution >= 0.6 is 0 Å². The highest BCUT2D eigenvalue weighted by Gasteiger charge is 2.16. The first-order valence-electron chi connectivity index (χ1n) is 10.8. The predicted molar refractivity (Wildman–Crippen MR) is 134 cm³/mol. The molecule has 3 aromatic rings. The Bertz CT molecular complexity index is 1360. The highest BCUT2D eigenvalue weighted by atomic mass is 19.2. The molecule has 37 heavy (non-hydrogen) atoms. The maximum Gasteiger partial charge on any atom is 0.338 e. The van der Waals surface area contributed by atoms with Crippen molar-refractivity contribution >= 4 is 11.9 Å². The molecule has 0 bridgehead atoms. The Balaban J connectivity index is 1.68. The van der Waals surface area contributed by atoms with Crippen LogP contribution in [0.5, 0.6) is 11.5 Å². The van der Waals surface area contributed by atoms with Crippen molar-refractivity contribution in [2.24, 2.45) is 0 Å². The van der Waals surface area contributed by atoms with Crippen molar-refractivity contribution in [3.05, 3.63) is 122 Å². The van der Waals surface area contributed by atoms with E-state index in [9.17, 15) is 18.4 Å². The number of hydrogen-bond donors (Lipinski definition) is 0. The van der Waals surface area contributed by atoms with Gasteiger partial charge < -0.3 is 18.9 Å². The lowest BCUT2D eigenvalue weighted by Gasteiger charge is -2.10. The van der Waals surface area contributed by atoms with E-state index in [0.717, 1.165) is 24.9 Å². The van der Waals surface area contributed by atoms with Crippen LogP contribution in [0.3, 0.4) is 0 Å². The van der Waals surface area contributed by atoms with E-state index in [0.29, 0.717) is 22.6 Å². The number of carbonyl (C=O) groups excluding carboxylic acids is 2. The number of rotatable bonds is 10. The summed E-state index contributed by atoms with van der Waals surface area (Å²) in [7, 11) is 0. The molecule has 0 saturated heterocycles. The summed E-state index contributed by atoms with van der Waals surface area (Å²) >= 11 is 0. The fraction of sp³-hybridized carbons (Fsp3) is 0.0345. The number of ether oxygens (including phenoxy) is 4. The van der Waals surface area contributed by atoms with Crippen molar-refractivity contribution in [1.29, 1.82) is 0 Å². The highest BCUT2D eigenvalue weighted by Crippen LogP contribution is 2.33. The molecule has 0 radical (unpaired) electrons. The summed E-state index contributed by atoms with van der Waals surface area (Å²) < 4.78 is 49.9. The van der Waals surface area contributed by atoms with Crippen LogP contribution in [0, 0.1) is 11.6 Å². The van der Waals surface area contributed by atoms with Crippen molar-refractivity contribution in [2.75, 3.05) is 0 Å². The van der Waals surface area contributed by atoms with Crippen LogP contribution in [0.25, 0.3) is 22.3 Å². The van der Waals surface area contributed by atoms with Crippen LogP contribution in [0.15, 0.2) is 111 Å². The molecule has 0 aliphatic rings. The van der Waals surface area contributed by atoms with Gasteiger partial charge >= 0.3 is 11.9 Å². The van der Waals surface area contributed by atoms with Crippen LogP contribution < -0.4 is 9.47 Å². The Morgan fingerprint density at radius 2 is 1.14 bits per heavy atom. The lowest BCUT2D eigenvalue weighted by molar-refractivity contribution is -0.134. The molecule has 3 rings (SSSR count). The lowest BCUT2D eigenvalue weighted by Crippen LogP contribution is -1.99. The summed E-state index contributed by atoms with van der Waals surface area (Å²) in [6.07, 6.45) is 5.48. The summed E-state index contributed by atoms with van der Waals surface area (Å²) in [6, 6.07) is 15.5. The van der Waals surface area contributed by atoms with Crippen LogP contribution in [0.1, 0.15) is 6.92 Å². The first-order chi connectivity index (χ1) is 17.8. The average molecular weight is 504 g/mol. The van der Waals surface area contributed by atoms with Gasteiger partial charge in [-0.1, -0.05) is 49.6 Å². The maximum absolute atomic E-state index is 14.9. The predicted octanol–water partition coefficient (Wildman–Crippen LogP) is 6.85. The molecule has 0 atom stereocenters. The molecule has 0 fully saturated rings. The van der Waals surface area contributed by atoms with Crippen molar-refractivity contribution in [3.63, 3.8) is 0 Å². The van der Waals surface area contributed by atoms with E-state index in [-0.39, 0.29) is 16.7 Å². The summed E-state index contributed by atoms with van der Waals surface area (Å²) in [4.78, 5) is 22.3. The minimum Gasteiger partial charge on any atom is -0.462 e. The minimum atomic E-state index is -0.995. The molecule has 0 aliphatic heterocycles. The number of hydrogen-bond acceptors (Lipinski definition) is 6. The molecule has 8 heteroatoms. The van der Waals surface area contributed by atoms with Gasteiger partial charge in [0.25, 0.3) is 0 Å². The zero-order valence-electron chi connectivity index (χ0n) is 19.8. The van der Waals surface area contributed by atoms with Gasteiger partial charge in [0.2, 0.25) is 0 Å². The second kappa shape index (κ2) is 12.6. The Hall–Kier alpha value is -4.98. The van der Waals surface area contributed by atoms with Gasteiger partial charge in [-0.25, -0.2) is 18.4 Å². The molecule has 0 unspecified atom stereocenters. The summed E-state index contributed by atoms with van der Waals surface area (Å²) in [6.45, 7) is 8.25. The summed E-state index contributed by atoms with van der Waals surface area (Å²) in [5, 5.41) is 0. The van der Waals surface area contributed by atoms with Gasteiger partial charge in [-0.3, -0.25) is 0 Å². The Morgan fingerprint density at radius 3 is 1.54 bits per heavy atom. The maximum atomic E-state index is 14.9. The standard InChI is InChI=1S/C29H22F2O6/c1-4-26(32)36-17-15-34-22-9-5-20(6-10-22)24-13-14-25(28(31)27(24)30)21-7-11-23(12-8-21)35-16-18-37-29(33)19(2)3/h4-18H,1-2H2,3H3/b17-15-,18-16-. The van der Waals surface area contributed by atoms with Crippen LogP contribution in [-0.2, 0) is 19.1 Å². The molecule has 0 N–H and O–H groups in total. The molecule has 0 aromatic heterocycles. The SMILES string of the molecule is C=CC(=O)O/C=C\Oc1ccc(-c2ccc(-c3ccc(O/C=C\OC(=O)C(=C)C)cc3)c(F)c2F)cc1. The van der Waals surface area contributed by atoms with Gasteiger partial charge in [0, 0.05) is 22.8 Å². The average Bonchev–Trinajstić information content (AvgIpc) is 2.91. The topological polar surface area (TPSA) is 71.1 Å². The molecule has 0 heterocycles. The van der Waals surface area contributed by atoms with Gasteiger partial charge in [-0.2, -0.15) is 0 Å². The molecule has 6 nitrogen and oxygen atoms in total. The molecule has 188 valence electrons. The normalized spacial score (nSPS) is 10.8. The van der Waals surface area contributed by atoms with Gasteiger partial charge in [-0.15, -0.1) is 0 Å². The second-order valence-electron chi connectivity index (χ2n) is 7.44. The molecular weight excluding hydrogens is 482 g/mol. The number of halogens is 2. The van der Waals surface area contributed by atoms with Gasteiger partial charge in [0.15, 0.2) is 11.6 Å². The zero-order valence-corrected chi connectivity index (χ0v) is 19.8. The molecule has 0 saturated carbocycles. The van der Waals surface area contributed by atoms with Crippen molar-refractivity contribution in [3.8, 4) is 33.8 Å². The minimum absolute atomic E-state index is 0.0812. The van der Waals surface area contributed by atoms with Crippen molar-refractivity contribution in [2.45, 2.75) is 6.92 Å². The van der Waals surface area contributed by atoms with E-state index in [1.807, 2.05) is 0 Å². The van der Waals surface area contributed by atoms with E-state index in [2.05, 4.69) is 17.9 Å². The third kappa shape index (κ3) is 7.25. The van der Waals surface area contributed by atoms with Gasteiger partial charge in [0.05, 0.1) is 0 Å². The van der Waals surface area contributed by atoms with Crippen LogP contribution in [0.4, 0.5) is 8.78 Å². The third-order valence-corrected chi connectivity index (χ3v) is 4.81. The van der Waals surface area contributed by atoms with Crippen molar-refractivity contribution in [1.82, 2.24) is 0 Å².